The van der Waals surface area contributed by atoms with E-state index in [1.165, 1.54) is 22.5 Å². The van der Waals surface area contributed by atoms with Crippen molar-refractivity contribution in [2.75, 3.05) is 18.5 Å². The van der Waals surface area contributed by atoms with E-state index in [0.29, 0.717) is 11.4 Å². The van der Waals surface area contributed by atoms with Crippen LogP contribution in [0, 0.1) is 0 Å². The molecule has 1 aliphatic rings. The molecule has 0 radical (unpaired) electrons. The maximum Gasteiger partial charge on any atom is 0.265 e. The van der Waals surface area contributed by atoms with E-state index in [2.05, 4.69) is 5.32 Å². The fourth-order valence-electron chi connectivity index (χ4n) is 2.68. The van der Waals surface area contributed by atoms with Gasteiger partial charge in [-0.1, -0.05) is 30.3 Å². The summed E-state index contributed by atoms with van der Waals surface area (Å²) in [4.78, 5) is 11.8. The number of sulfonamides is 1. The van der Waals surface area contributed by atoms with Crippen molar-refractivity contribution < 1.29 is 23.1 Å². The minimum atomic E-state index is -3.86. The van der Waals surface area contributed by atoms with Gasteiger partial charge in [-0.15, -0.1) is 0 Å². The Bertz CT molecular complexity index is 899. The zero-order valence-corrected chi connectivity index (χ0v) is 15.1. The summed E-state index contributed by atoms with van der Waals surface area (Å²) >= 11 is 0. The van der Waals surface area contributed by atoms with E-state index in [1.54, 1.807) is 6.92 Å². The molecule has 26 heavy (non-hydrogen) atoms. The molecule has 0 bridgehead atoms. The van der Waals surface area contributed by atoms with E-state index < -0.39 is 16.1 Å². The summed E-state index contributed by atoms with van der Waals surface area (Å²) in [7, 11) is -3.86. The minimum Gasteiger partial charge on any atom is -0.479 e. The Morgan fingerprint density at radius 2 is 1.92 bits per heavy atom. The van der Waals surface area contributed by atoms with Gasteiger partial charge in [-0.05, 0) is 30.7 Å². The van der Waals surface area contributed by atoms with E-state index >= 15 is 0 Å². The first-order valence-electron chi connectivity index (χ1n) is 8.18. The Morgan fingerprint density at radius 3 is 2.62 bits per heavy atom. The van der Waals surface area contributed by atoms with Gasteiger partial charge < -0.3 is 15.2 Å². The number of rotatable bonds is 6. The molecule has 8 heteroatoms. The number of hydrogen-bond acceptors (Lipinski definition) is 5. The van der Waals surface area contributed by atoms with Gasteiger partial charge in [0.25, 0.3) is 5.91 Å². The summed E-state index contributed by atoms with van der Waals surface area (Å²) in [5, 5.41) is 11.9. The van der Waals surface area contributed by atoms with Gasteiger partial charge in [0.05, 0.1) is 17.2 Å². The van der Waals surface area contributed by atoms with Gasteiger partial charge in [0, 0.05) is 13.1 Å². The van der Waals surface area contributed by atoms with Crippen LogP contribution in [-0.2, 0) is 21.4 Å². The van der Waals surface area contributed by atoms with Gasteiger partial charge in [-0.2, -0.15) is 4.31 Å². The number of benzene rings is 2. The van der Waals surface area contributed by atoms with Gasteiger partial charge in [0.2, 0.25) is 10.0 Å². The van der Waals surface area contributed by atoms with Crippen LogP contribution in [0.5, 0.6) is 5.75 Å². The van der Waals surface area contributed by atoms with Crippen molar-refractivity contribution >= 4 is 21.6 Å². The number of carbonyl (C=O) groups is 1. The lowest BCUT2D eigenvalue weighted by Gasteiger charge is -2.25. The van der Waals surface area contributed by atoms with Crippen molar-refractivity contribution in [1.82, 2.24) is 4.31 Å². The standard InChI is InChI=1S/C18H20N2O5S/c1-13-18(22)19-16-11-15(7-8-17(16)25-13)26(23,24)20(9-10-21)12-14-5-3-2-4-6-14/h2-8,11,13,21H,9-10,12H2,1H3,(H,19,22). The topological polar surface area (TPSA) is 95.9 Å². The summed E-state index contributed by atoms with van der Waals surface area (Å²) < 4.78 is 32.7. The Labute approximate surface area is 152 Å². The highest BCUT2D eigenvalue weighted by molar-refractivity contribution is 7.89. The number of amides is 1. The van der Waals surface area contributed by atoms with Crippen LogP contribution in [0.15, 0.2) is 53.4 Å². The number of ether oxygens (including phenoxy) is 1. The molecule has 7 nitrogen and oxygen atoms in total. The molecule has 0 saturated heterocycles. The summed E-state index contributed by atoms with van der Waals surface area (Å²) in [5.74, 6) is 0.0939. The first-order valence-corrected chi connectivity index (χ1v) is 9.62. The number of nitrogens with zero attached hydrogens (tertiary/aromatic N) is 1. The Kier molecular flexibility index (Phi) is 5.26. The molecule has 1 aliphatic heterocycles. The van der Waals surface area contributed by atoms with E-state index in [0.717, 1.165) is 5.56 Å². The molecule has 0 aromatic heterocycles. The lowest BCUT2D eigenvalue weighted by molar-refractivity contribution is -0.122. The molecule has 3 rings (SSSR count). The Hall–Kier alpha value is -2.42. The van der Waals surface area contributed by atoms with Crippen molar-refractivity contribution in [3.05, 3.63) is 54.1 Å². The average Bonchev–Trinajstić information content (AvgIpc) is 2.63. The van der Waals surface area contributed by atoms with Crippen LogP contribution in [0.3, 0.4) is 0 Å². The third-order valence-electron chi connectivity index (χ3n) is 4.07. The summed E-state index contributed by atoms with van der Waals surface area (Å²) in [6, 6.07) is 13.5. The molecule has 0 fully saturated rings. The highest BCUT2D eigenvalue weighted by atomic mass is 32.2. The zero-order valence-electron chi connectivity index (χ0n) is 14.3. The molecule has 1 unspecified atom stereocenters. The molecular formula is C18H20N2O5S. The molecule has 2 aromatic rings. The number of carbonyl (C=O) groups excluding carboxylic acids is 1. The molecule has 0 spiro atoms. The highest BCUT2D eigenvalue weighted by Gasteiger charge is 2.28. The number of fused-ring (bicyclic) bond motifs is 1. The first kappa shape index (κ1) is 18.4. The molecular weight excluding hydrogens is 356 g/mol. The maximum absolute atomic E-state index is 13.0. The van der Waals surface area contributed by atoms with Gasteiger partial charge in [-0.25, -0.2) is 8.42 Å². The van der Waals surface area contributed by atoms with Gasteiger partial charge in [0.1, 0.15) is 5.75 Å². The van der Waals surface area contributed by atoms with Crippen molar-refractivity contribution in [3.8, 4) is 5.75 Å². The average molecular weight is 376 g/mol. The third kappa shape index (κ3) is 3.72. The summed E-state index contributed by atoms with van der Waals surface area (Å²) in [6.45, 7) is 1.43. The molecule has 2 N–H and O–H groups in total. The molecule has 2 aromatic carbocycles. The molecule has 138 valence electrons. The van der Waals surface area contributed by atoms with E-state index in [9.17, 15) is 18.3 Å². The predicted molar refractivity (Wildman–Crippen MR) is 96.3 cm³/mol. The number of aliphatic hydroxyl groups excluding tert-OH is 1. The maximum atomic E-state index is 13.0. The second-order valence-electron chi connectivity index (χ2n) is 5.96. The second kappa shape index (κ2) is 7.45. The smallest absolute Gasteiger partial charge is 0.265 e. The van der Waals surface area contributed by atoms with Crippen molar-refractivity contribution in [2.24, 2.45) is 0 Å². The highest BCUT2D eigenvalue weighted by Crippen LogP contribution is 2.33. The normalized spacial score (nSPS) is 16.7. The summed E-state index contributed by atoms with van der Waals surface area (Å²) in [6.07, 6.45) is -0.631. The molecule has 1 atom stereocenters. The minimum absolute atomic E-state index is 0.0269. The lowest BCUT2D eigenvalue weighted by atomic mass is 10.2. The van der Waals surface area contributed by atoms with Crippen LogP contribution in [-0.4, -0.2) is 43.0 Å². The zero-order chi connectivity index (χ0) is 18.7. The lowest BCUT2D eigenvalue weighted by Crippen LogP contribution is -2.35. The number of anilines is 1. The van der Waals surface area contributed by atoms with Crippen LogP contribution >= 0.6 is 0 Å². The van der Waals surface area contributed by atoms with Gasteiger partial charge in [0.15, 0.2) is 6.10 Å². The second-order valence-corrected chi connectivity index (χ2v) is 7.89. The van der Waals surface area contributed by atoms with E-state index in [-0.39, 0.29) is 30.5 Å². The van der Waals surface area contributed by atoms with Crippen LogP contribution in [0.25, 0.3) is 0 Å². The van der Waals surface area contributed by atoms with Gasteiger partial charge in [-0.3, -0.25) is 4.79 Å². The molecule has 1 heterocycles. The predicted octanol–water partition coefficient (Wildman–Crippen LogP) is 1.59. The largest absolute Gasteiger partial charge is 0.479 e. The van der Waals surface area contributed by atoms with Gasteiger partial charge >= 0.3 is 0 Å². The van der Waals surface area contributed by atoms with Crippen molar-refractivity contribution in [3.63, 3.8) is 0 Å². The third-order valence-corrected chi connectivity index (χ3v) is 5.91. The summed E-state index contributed by atoms with van der Waals surface area (Å²) in [5.41, 5.74) is 1.13. The van der Waals surface area contributed by atoms with Crippen molar-refractivity contribution in [2.45, 2.75) is 24.5 Å². The van der Waals surface area contributed by atoms with Crippen LogP contribution in [0.1, 0.15) is 12.5 Å². The number of hydrogen-bond donors (Lipinski definition) is 2. The van der Waals surface area contributed by atoms with Crippen LogP contribution in [0.2, 0.25) is 0 Å². The molecule has 0 saturated carbocycles. The van der Waals surface area contributed by atoms with E-state index in [1.807, 2.05) is 30.3 Å². The van der Waals surface area contributed by atoms with Crippen LogP contribution in [0.4, 0.5) is 5.69 Å². The Balaban J connectivity index is 1.92. The number of nitrogens with one attached hydrogen (secondary N) is 1. The SMILES string of the molecule is CC1Oc2ccc(S(=O)(=O)N(CCO)Cc3ccccc3)cc2NC1=O. The van der Waals surface area contributed by atoms with E-state index in [4.69, 9.17) is 4.74 Å². The Morgan fingerprint density at radius 1 is 1.19 bits per heavy atom. The fraction of sp³-hybridized carbons (Fsp3) is 0.278. The molecule has 0 aliphatic carbocycles. The number of aliphatic hydroxyl groups is 1. The fourth-order valence-corrected chi connectivity index (χ4v) is 4.13. The monoisotopic (exact) mass is 376 g/mol. The van der Waals surface area contributed by atoms with Crippen molar-refractivity contribution in [1.29, 1.82) is 0 Å². The van der Waals surface area contributed by atoms with Crippen LogP contribution < -0.4 is 10.1 Å². The molecule has 1 amide bonds. The quantitative estimate of drug-likeness (QED) is 0.798. The first-order chi connectivity index (χ1) is 12.4.